The quantitative estimate of drug-likeness (QED) is 0.696. The molecule has 0 saturated heterocycles. The van der Waals surface area contributed by atoms with E-state index in [2.05, 4.69) is 5.32 Å². The highest BCUT2D eigenvalue weighted by atomic mass is 35.5. The van der Waals surface area contributed by atoms with E-state index in [0.717, 1.165) is 12.3 Å². The Morgan fingerprint density at radius 3 is 2.64 bits per heavy atom. The average molecular weight is 439 g/mol. The molecule has 0 aliphatic rings. The molecule has 0 saturated carbocycles. The van der Waals surface area contributed by atoms with Crippen LogP contribution in [0, 0.1) is 0 Å². The van der Waals surface area contributed by atoms with Crippen molar-refractivity contribution in [1.82, 2.24) is 9.88 Å². The van der Waals surface area contributed by atoms with Gasteiger partial charge in [0, 0.05) is 12.7 Å². The Labute approximate surface area is 167 Å². The Kier molecular flexibility index (Phi) is 7.34. The highest BCUT2D eigenvalue weighted by molar-refractivity contribution is 6.42. The predicted octanol–water partition coefficient (Wildman–Crippen LogP) is 2.73. The molecule has 0 aliphatic heterocycles. The van der Waals surface area contributed by atoms with Crippen molar-refractivity contribution in [2.24, 2.45) is 0 Å². The lowest BCUT2D eigenvalue weighted by Gasteiger charge is -2.15. The molecule has 0 spiro atoms. The minimum Gasteiger partial charge on any atom is -0.489 e. The summed E-state index contributed by atoms with van der Waals surface area (Å²) in [6, 6.07) is 6.36. The number of carbonyl (C=O) groups is 1. The number of aliphatic hydroxyl groups is 1. The lowest BCUT2D eigenvalue weighted by molar-refractivity contribution is -0.139. The third-order valence-electron chi connectivity index (χ3n) is 3.52. The number of hydrogen-bond acceptors (Lipinski definition) is 4. The first-order valence-electron chi connectivity index (χ1n) is 7.88. The van der Waals surface area contributed by atoms with Crippen molar-refractivity contribution < 1.29 is 27.8 Å². The zero-order valence-electron chi connectivity index (χ0n) is 14.2. The van der Waals surface area contributed by atoms with Gasteiger partial charge in [-0.05, 0) is 24.3 Å². The van der Waals surface area contributed by atoms with Gasteiger partial charge in [-0.2, -0.15) is 13.2 Å². The molecule has 1 unspecified atom stereocenters. The van der Waals surface area contributed by atoms with Gasteiger partial charge in [0.05, 0.1) is 5.02 Å². The van der Waals surface area contributed by atoms with Gasteiger partial charge in [-0.3, -0.25) is 9.59 Å². The van der Waals surface area contributed by atoms with Gasteiger partial charge in [-0.15, -0.1) is 0 Å². The number of pyridine rings is 1. The molecule has 28 heavy (non-hydrogen) atoms. The minimum absolute atomic E-state index is 0.171. The molecule has 1 aromatic heterocycles. The topological polar surface area (TPSA) is 80.6 Å². The summed E-state index contributed by atoms with van der Waals surface area (Å²) in [7, 11) is 0. The second kappa shape index (κ2) is 9.31. The fourth-order valence-electron chi connectivity index (χ4n) is 2.16. The Bertz CT molecular complexity index is 903. The number of alkyl halides is 3. The number of halogens is 5. The zero-order chi connectivity index (χ0) is 20.9. The van der Waals surface area contributed by atoms with Gasteiger partial charge < -0.3 is 19.7 Å². The highest BCUT2D eigenvalue weighted by Crippen LogP contribution is 2.31. The van der Waals surface area contributed by atoms with Crippen LogP contribution in [0.2, 0.25) is 10.0 Å². The van der Waals surface area contributed by atoms with E-state index in [1.54, 1.807) is 18.2 Å². The lowest BCUT2D eigenvalue weighted by atomic mass is 10.2. The Morgan fingerprint density at radius 1 is 1.25 bits per heavy atom. The Hall–Kier alpha value is -2.23. The SMILES string of the molecule is O=C(Cn1cccc(C(F)(F)F)c1=O)NCC(O)COc1cccc(Cl)c1Cl. The molecule has 2 N–H and O–H groups in total. The normalized spacial score (nSPS) is 12.5. The van der Waals surface area contributed by atoms with Gasteiger partial charge in [0.15, 0.2) is 0 Å². The molecule has 1 aromatic carbocycles. The first-order valence-corrected chi connectivity index (χ1v) is 8.63. The summed E-state index contributed by atoms with van der Waals surface area (Å²) in [4.78, 5) is 23.6. The van der Waals surface area contributed by atoms with E-state index < -0.39 is 35.9 Å². The predicted molar refractivity (Wildman–Crippen MR) is 96.7 cm³/mol. The number of ether oxygens (including phenoxy) is 1. The molecule has 2 aromatic rings. The van der Waals surface area contributed by atoms with E-state index in [4.69, 9.17) is 27.9 Å². The number of benzene rings is 1. The van der Waals surface area contributed by atoms with Gasteiger partial charge in [0.2, 0.25) is 5.91 Å². The second-order valence-electron chi connectivity index (χ2n) is 5.67. The number of nitrogens with one attached hydrogen (secondary N) is 1. The van der Waals surface area contributed by atoms with Crippen LogP contribution in [0.3, 0.4) is 0 Å². The molecule has 1 heterocycles. The molecule has 0 radical (unpaired) electrons. The number of amides is 1. The van der Waals surface area contributed by atoms with Gasteiger partial charge >= 0.3 is 6.18 Å². The maximum atomic E-state index is 12.7. The van der Waals surface area contributed by atoms with Crippen molar-refractivity contribution in [2.75, 3.05) is 13.2 Å². The van der Waals surface area contributed by atoms with Crippen molar-refractivity contribution in [1.29, 1.82) is 0 Å². The Balaban J connectivity index is 1.87. The van der Waals surface area contributed by atoms with E-state index in [0.29, 0.717) is 10.6 Å². The fraction of sp³-hybridized carbons (Fsp3) is 0.294. The number of nitrogens with zero attached hydrogens (tertiary/aromatic N) is 1. The van der Waals surface area contributed by atoms with E-state index in [-0.39, 0.29) is 28.9 Å². The minimum atomic E-state index is -4.81. The van der Waals surface area contributed by atoms with Crippen LogP contribution >= 0.6 is 23.2 Å². The van der Waals surface area contributed by atoms with Gasteiger partial charge in [-0.1, -0.05) is 29.3 Å². The second-order valence-corrected chi connectivity index (χ2v) is 6.46. The van der Waals surface area contributed by atoms with Crippen molar-refractivity contribution >= 4 is 29.1 Å². The fourth-order valence-corrected chi connectivity index (χ4v) is 2.51. The van der Waals surface area contributed by atoms with Crippen LogP contribution in [0.5, 0.6) is 5.75 Å². The molecule has 152 valence electrons. The lowest BCUT2D eigenvalue weighted by Crippen LogP contribution is -2.39. The smallest absolute Gasteiger partial charge is 0.421 e. The average Bonchev–Trinajstić information content (AvgIpc) is 2.62. The molecule has 0 bridgehead atoms. The molecule has 0 fully saturated rings. The van der Waals surface area contributed by atoms with Gasteiger partial charge in [0.25, 0.3) is 5.56 Å². The number of aromatic nitrogens is 1. The first-order chi connectivity index (χ1) is 13.1. The first kappa shape index (κ1) is 22.1. The molecular weight excluding hydrogens is 424 g/mol. The number of carbonyl (C=O) groups excluding carboxylic acids is 1. The molecule has 2 rings (SSSR count). The zero-order valence-corrected chi connectivity index (χ0v) is 15.7. The van der Waals surface area contributed by atoms with Crippen molar-refractivity contribution in [3.8, 4) is 5.75 Å². The van der Waals surface area contributed by atoms with Gasteiger partial charge in [-0.25, -0.2) is 0 Å². The molecular formula is C17H15Cl2F3N2O4. The van der Waals surface area contributed by atoms with E-state index >= 15 is 0 Å². The number of aliphatic hydroxyl groups excluding tert-OH is 1. The highest BCUT2D eigenvalue weighted by Gasteiger charge is 2.34. The van der Waals surface area contributed by atoms with E-state index in [9.17, 15) is 27.9 Å². The van der Waals surface area contributed by atoms with Crippen LogP contribution in [0.4, 0.5) is 13.2 Å². The van der Waals surface area contributed by atoms with Crippen LogP contribution in [0.15, 0.2) is 41.3 Å². The third kappa shape index (κ3) is 5.88. The van der Waals surface area contributed by atoms with E-state index in [1.807, 2.05) is 0 Å². The molecule has 0 aliphatic carbocycles. The molecule has 6 nitrogen and oxygen atoms in total. The van der Waals surface area contributed by atoms with Crippen LogP contribution in [-0.2, 0) is 17.5 Å². The van der Waals surface area contributed by atoms with Crippen molar-refractivity contribution in [3.63, 3.8) is 0 Å². The maximum absolute atomic E-state index is 12.7. The van der Waals surface area contributed by atoms with Crippen LogP contribution in [-0.4, -0.2) is 34.8 Å². The van der Waals surface area contributed by atoms with E-state index in [1.165, 1.54) is 0 Å². The summed E-state index contributed by atoms with van der Waals surface area (Å²) in [5.41, 5.74) is -2.70. The summed E-state index contributed by atoms with van der Waals surface area (Å²) in [6.45, 7) is -1.09. The number of hydrogen-bond donors (Lipinski definition) is 2. The Morgan fingerprint density at radius 2 is 1.96 bits per heavy atom. The third-order valence-corrected chi connectivity index (χ3v) is 4.32. The summed E-state index contributed by atoms with van der Waals surface area (Å²) in [5, 5.41) is 12.6. The largest absolute Gasteiger partial charge is 0.489 e. The molecule has 11 heteroatoms. The van der Waals surface area contributed by atoms with Crippen molar-refractivity contribution in [3.05, 3.63) is 62.5 Å². The molecule has 1 amide bonds. The van der Waals surface area contributed by atoms with Gasteiger partial charge in [0.1, 0.15) is 35.6 Å². The number of rotatable bonds is 7. The summed E-state index contributed by atoms with van der Waals surface area (Å²) in [6.07, 6.45) is -4.87. The summed E-state index contributed by atoms with van der Waals surface area (Å²) in [5.74, 6) is -0.503. The van der Waals surface area contributed by atoms with Crippen LogP contribution in [0.1, 0.15) is 5.56 Å². The maximum Gasteiger partial charge on any atom is 0.421 e. The monoisotopic (exact) mass is 438 g/mol. The summed E-state index contributed by atoms with van der Waals surface area (Å²) < 4.78 is 44.1. The molecule has 1 atom stereocenters. The van der Waals surface area contributed by atoms with Crippen LogP contribution in [0.25, 0.3) is 0 Å². The standard InChI is InChI=1S/C17H15Cl2F3N2O4/c18-12-4-1-5-13(15(12)19)28-9-10(25)7-23-14(26)8-24-6-2-3-11(16(24)27)17(20,21)22/h1-6,10,25H,7-9H2,(H,23,26). The van der Waals surface area contributed by atoms with Crippen LogP contribution < -0.4 is 15.6 Å². The summed E-state index contributed by atoms with van der Waals surface area (Å²) >= 11 is 11.8. The van der Waals surface area contributed by atoms with Crippen molar-refractivity contribution in [2.45, 2.75) is 18.8 Å².